The number of nitrogens with one attached hydrogen (secondary N) is 2. The number of benzene rings is 1. The number of urea groups is 1. The normalized spacial score (nSPS) is 22.7. The maximum Gasteiger partial charge on any atom is 0.430 e. The van der Waals surface area contributed by atoms with Gasteiger partial charge in [0, 0.05) is 56.6 Å². The van der Waals surface area contributed by atoms with Crippen LogP contribution in [0.15, 0.2) is 35.3 Å². The molecule has 13 heteroatoms. The van der Waals surface area contributed by atoms with Crippen LogP contribution in [0.1, 0.15) is 81.3 Å². The number of anilines is 1. The number of ketones is 1. The van der Waals surface area contributed by atoms with Crippen LogP contribution < -0.4 is 20.2 Å². The number of aliphatic hydroxyl groups excluding tert-OH is 1. The molecule has 2 fully saturated rings. The van der Waals surface area contributed by atoms with Gasteiger partial charge in [0.15, 0.2) is 5.78 Å². The summed E-state index contributed by atoms with van der Waals surface area (Å²) in [6, 6.07) is 10.3. The van der Waals surface area contributed by atoms with Gasteiger partial charge in [-0.15, -0.1) is 0 Å². The van der Waals surface area contributed by atoms with Gasteiger partial charge in [-0.2, -0.15) is 13.2 Å². The smallest absolute Gasteiger partial charge is 0.430 e. The fourth-order valence-electron chi connectivity index (χ4n) is 7.20. The first-order valence-corrected chi connectivity index (χ1v) is 17.2. The Balaban J connectivity index is 0.000000606. The van der Waals surface area contributed by atoms with Crippen LogP contribution in [0.4, 0.5) is 29.3 Å². The summed E-state index contributed by atoms with van der Waals surface area (Å²) in [6.45, 7) is 11.1. The molecular formula is C36H46F3N5O5. The van der Waals surface area contributed by atoms with E-state index < -0.39 is 12.1 Å². The number of Topliss-reactive ketones (excluding diaryl/α,β-unsaturated/α-hetero) is 1. The van der Waals surface area contributed by atoms with Crippen molar-refractivity contribution in [1.82, 2.24) is 10.3 Å². The van der Waals surface area contributed by atoms with Gasteiger partial charge < -0.3 is 25.2 Å². The first-order valence-electron chi connectivity index (χ1n) is 17.2. The summed E-state index contributed by atoms with van der Waals surface area (Å²) in [7, 11) is 0. The summed E-state index contributed by atoms with van der Waals surface area (Å²) in [5, 5.41) is 21.6. The van der Waals surface area contributed by atoms with E-state index in [9.17, 15) is 27.9 Å². The van der Waals surface area contributed by atoms with E-state index in [0.717, 1.165) is 80.8 Å². The number of carbonyl (C=O) groups excluding carboxylic acids is 3. The third kappa shape index (κ3) is 9.24. The lowest BCUT2D eigenvalue weighted by Gasteiger charge is -2.34. The molecule has 2 atom stereocenters. The summed E-state index contributed by atoms with van der Waals surface area (Å²) in [5.41, 5.74) is 7.17. The predicted molar refractivity (Wildman–Crippen MR) is 176 cm³/mol. The quantitative estimate of drug-likeness (QED) is 0.391. The second-order valence-electron chi connectivity index (χ2n) is 14.7. The molecule has 0 unspecified atom stereocenters. The number of aryl methyl sites for hydroxylation is 1. The zero-order chi connectivity index (χ0) is 35.5. The number of amides is 2. The lowest BCUT2D eigenvalue weighted by Crippen LogP contribution is -3.13. The fraction of sp³-hybridized carbons (Fsp3) is 0.583. The van der Waals surface area contributed by atoms with E-state index in [0.29, 0.717) is 37.6 Å². The molecule has 0 spiro atoms. The van der Waals surface area contributed by atoms with Crippen LogP contribution in [0, 0.1) is 11.3 Å². The maximum absolute atomic E-state index is 13.8. The van der Waals surface area contributed by atoms with E-state index in [1.54, 1.807) is 4.90 Å². The van der Waals surface area contributed by atoms with Crippen molar-refractivity contribution in [2.24, 2.45) is 16.3 Å². The second-order valence-corrected chi connectivity index (χ2v) is 14.7. The third-order valence-corrected chi connectivity index (χ3v) is 10.3. The number of hydrogen-bond donors (Lipinski definition) is 3. The SMILES string of the molecule is CC(C)(C)[C@H]1CCc2nc3c(cc2C1)N=C(C(=O)C[C@H](CC[NH+]1CCC(O)CC1)c1cccc(N2CCNC2=O)c1)C3.O=C([O-])C(F)(F)F. The highest BCUT2D eigenvalue weighted by molar-refractivity contribution is 6.41. The largest absolute Gasteiger partial charge is 0.542 e. The van der Waals surface area contributed by atoms with Gasteiger partial charge in [-0.25, -0.2) is 9.79 Å². The highest BCUT2D eigenvalue weighted by atomic mass is 19.4. The van der Waals surface area contributed by atoms with Crippen LogP contribution in [0.3, 0.4) is 0 Å². The van der Waals surface area contributed by atoms with Crippen molar-refractivity contribution < 1.29 is 42.7 Å². The topological polar surface area (TPSA) is 139 Å². The Kier molecular flexibility index (Phi) is 11.1. The summed E-state index contributed by atoms with van der Waals surface area (Å²) >= 11 is 0. The zero-order valence-corrected chi connectivity index (χ0v) is 28.4. The Morgan fingerprint density at radius 2 is 1.84 bits per heavy atom. The number of alkyl halides is 3. The molecule has 4 aliphatic rings. The number of nitrogens with zero attached hydrogens (tertiary/aromatic N) is 3. The monoisotopic (exact) mass is 685 g/mol. The third-order valence-electron chi connectivity index (χ3n) is 10.3. The van der Waals surface area contributed by atoms with E-state index in [4.69, 9.17) is 19.9 Å². The van der Waals surface area contributed by atoms with Crippen molar-refractivity contribution in [2.75, 3.05) is 37.6 Å². The molecule has 1 aromatic carbocycles. The van der Waals surface area contributed by atoms with Gasteiger partial charge in [0.2, 0.25) is 0 Å². The van der Waals surface area contributed by atoms with E-state index in [1.807, 2.05) is 12.1 Å². The second kappa shape index (κ2) is 15.0. The molecule has 0 radical (unpaired) electrons. The van der Waals surface area contributed by atoms with Crippen molar-refractivity contribution in [3.8, 4) is 0 Å². The first kappa shape index (κ1) is 36.4. The Bertz CT molecular complexity index is 1580. The molecule has 0 bridgehead atoms. The van der Waals surface area contributed by atoms with Crippen LogP contribution in [-0.2, 0) is 28.9 Å². The number of quaternary nitrogens is 1. The van der Waals surface area contributed by atoms with Gasteiger partial charge in [0.25, 0.3) is 0 Å². The van der Waals surface area contributed by atoms with Crippen LogP contribution in [0.2, 0.25) is 0 Å². The maximum atomic E-state index is 13.8. The number of rotatable bonds is 8. The molecule has 2 aromatic rings. The first-order chi connectivity index (χ1) is 23.1. The zero-order valence-electron chi connectivity index (χ0n) is 28.4. The molecule has 3 N–H and O–H groups in total. The number of aliphatic hydroxyl groups is 1. The molecule has 4 heterocycles. The van der Waals surface area contributed by atoms with Crippen molar-refractivity contribution in [2.45, 2.75) is 90.3 Å². The number of carbonyl (C=O) groups is 3. The number of aliphatic imine (C=N–C) groups is 1. The van der Waals surface area contributed by atoms with Gasteiger partial charge in [-0.3, -0.25) is 14.7 Å². The molecular weight excluding hydrogens is 639 g/mol. The highest BCUT2D eigenvalue weighted by Gasteiger charge is 2.33. The van der Waals surface area contributed by atoms with Crippen LogP contribution in [-0.4, -0.2) is 78.6 Å². The average molecular weight is 686 g/mol. The molecule has 49 heavy (non-hydrogen) atoms. The molecule has 3 aliphatic heterocycles. The van der Waals surface area contributed by atoms with Crippen LogP contribution in [0.25, 0.3) is 0 Å². The van der Waals surface area contributed by atoms with Crippen molar-refractivity contribution in [1.29, 1.82) is 0 Å². The highest BCUT2D eigenvalue weighted by Crippen LogP contribution is 2.39. The fourth-order valence-corrected chi connectivity index (χ4v) is 7.20. The molecule has 2 amide bonds. The van der Waals surface area contributed by atoms with Gasteiger partial charge >= 0.3 is 12.2 Å². The number of aliphatic carboxylic acids is 1. The number of piperidine rings is 1. The van der Waals surface area contributed by atoms with E-state index in [2.05, 4.69) is 44.3 Å². The van der Waals surface area contributed by atoms with Crippen molar-refractivity contribution in [3.05, 3.63) is 52.8 Å². The van der Waals surface area contributed by atoms with Gasteiger partial charge in [-0.1, -0.05) is 32.9 Å². The standard InChI is InChI=1S/C34H45N5O3.C2HF3O2/c1-34(2,3)25-7-8-28-24(17-25)19-29-30(36-28)21-31(37-29)32(41)20-23(9-13-38-14-10-27(40)11-15-38)22-5-4-6-26(18-22)39-16-12-35-33(39)42;3-2(4,5)1(6)7/h4-6,18-19,23,25,27,40H,7-17,20-21H2,1-3H3,(H,35,42);(H,6,7)/t23-,25-;/m0./s1. The molecule has 10 nitrogen and oxygen atoms in total. The number of fused-ring (bicyclic) bond motifs is 2. The summed E-state index contributed by atoms with van der Waals surface area (Å²) in [5.74, 6) is -2.25. The Morgan fingerprint density at radius 3 is 2.47 bits per heavy atom. The summed E-state index contributed by atoms with van der Waals surface area (Å²) in [4.78, 5) is 48.1. The van der Waals surface area contributed by atoms with Crippen molar-refractivity contribution in [3.63, 3.8) is 0 Å². The molecule has 0 saturated carbocycles. The van der Waals surface area contributed by atoms with E-state index in [-0.39, 0.29) is 29.3 Å². The van der Waals surface area contributed by atoms with Crippen molar-refractivity contribution >= 4 is 34.9 Å². The Labute approximate surface area is 284 Å². The predicted octanol–water partition coefficient (Wildman–Crippen LogP) is 2.86. The molecule has 266 valence electrons. The number of carboxylic acid groups (broad SMARTS) is 1. The van der Waals surface area contributed by atoms with Gasteiger partial charge in [0.1, 0.15) is 5.97 Å². The minimum Gasteiger partial charge on any atom is -0.542 e. The van der Waals surface area contributed by atoms with E-state index in [1.165, 1.54) is 16.2 Å². The molecule has 6 rings (SSSR count). The van der Waals surface area contributed by atoms with Crippen LogP contribution in [0.5, 0.6) is 0 Å². The molecule has 1 aliphatic carbocycles. The number of aromatic nitrogens is 1. The summed E-state index contributed by atoms with van der Waals surface area (Å²) in [6.07, 6.45) is 1.25. The number of carboxylic acids is 1. The lowest BCUT2D eigenvalue weighted by atomic mass is 9.71. The van der Waals surface area contributed by atoms with Gasteiger partial charge in [-0.05, 0) is 65.8 Å². The number of hydrogen-bond acceptors (Lipinski definition) is 7. The number of likely N-dealkylation sites (tertiary alicyclic amines) is 1. The Morgan fingerprint density at radius 1 is 1.12 bits per heavy atom. The minimum atomic E-state index is -5.19. The number of pyridine rings is 1. The average Bonchev–Trinajstić information content (AvgIpc) is 3.67. The van der Waals surface area contributed by atoms with Gasteiger partial charge in [0.05, 0.1) is 42.8 Å². The van der Waals surface area contributed by atoms with E-state index >= 15 is 0 Å². The van der Waals surface area contributed by atoms with Crippen LogP contribution >= 0.6 is 0 Å². The number of halogens is 3. The molecule has 1 aromatic heterocycles. The minimum absolute atomic E-state index is 0.0302. The molecule has 2 saturated heterocycles. The summed E-state index contributed by atoms with van der Waals surface area (Å²) < 4.78 is 31.5. The Hall–Kier alpha value is -3.84. The lowest BCUT2D eigenvalue weighted by molar-refractivity contribution is -0.906.